The van der Waals surface area contributed by atoms with E-state index in [-0.39, 0.29) is 45.0 Å². The largest absolute Gasteiger partial charge is 1.00 e. The molecular formula is C8H6ClNaO4S. The smallest absolute Gasteiger partial charge is 0.545 e. The predicted molar refractivity (Wildman–Crippen MR) is 48.9 cm³/mol. The molecule has 4 nitrogen and oxygen atoms in total. The second kappa shape index (κ2) is 5.32. The molecule has 0 saturated heterocycles. The molecule has 0 N–H and O–H groups in total. The summed E-state index contributed by atoms with van der Waals surface area (Å²) in [6.45, 7) is 0. The van der Waals surface area contributed by atoms with E-state index in [1.54, 1.807) is 0 Å². The summed E-state index contributed by atoms with van der Waals surface area (Å²) in [5.74, 6) is -1.44. The number of sulfone groups is 1. The van der Waals surface area contributed by atoms with Gasteiger partial charge in [-0.05, 0) is 12.1 Å². The van der Waals surface area contributed by atoms with Crippen LogP contribution in [0.4, 0.5) is 0 Å². The van der Waals surface area contributed by atoms with Crippen molar-refractivity contribution in [1.82, 2.24) is 0 Å². The Morgan fingerprint density at radius 2 is 1.93 bits per heavy atom. The molecule has 0 aromatic heterocycles. The van der Waals surface area contributed by atoms with Gasteiger partial charge in [-0.25, -0.2) is 8.42 Å². The van der Waals surface area contributed by atoms with E-state index in [1.165, 1.54) is 6.07 Å². The van der Waals surface area contributed by atoms with Gasteiger partial charge in [0.25, 0.3) is 0 Å². The van der Waals surface area contributed by atoms with Gasteiger partial charge in [-0.1, -0.05) is 17.7 Å². The molecule has 76 valence electrons. The zero-order valence-corrected chi connectivity index (χ0v) is 11.7. The maximum Gasteiger partial charge on any atom is 1.00 e. The molecule has 1 aromatic rings. The van der Waals surface area contributed by atoms with Crippen LogP contribution in [0.1, 0.15) is 10.4 Å². The van der Waals surface area contributed by atoms with Crippen LogP contribution in [0.2, 0.25) is 5.02 Å². The Morgan fingerprint density at radius 1 is 1.40 bits per heavy atom. The summed E-state index contributed by atoms with van der Waals surface area (Å²) in [5.41, 5.74) is -0.223. The number of carbonyl (C=O) groups is 1. The van der Waals surface area contributed by atoms with Crippen LogP contribution in [0.5, 0.6) is 0 Å². The van der Waals surface area contributed by atoms with E-state index in [4.69, 9.17) is 11.6 Å². The molecule has 0 amide bonds. The number of hydrogen-bond acceptors (Lipinski definition) is 4. The summed E-state index contributed by atoms with van der Waals surface area (Å²) >= 11 is 5.55. The molecule has 15 heavy (non-hydrogen) atoms. The number of carboxylic acids is 1. The van der Waals surface area contributed by atoms with Gasteiger partial charge in [0, 0.05) is 11.8 Å². The number of halogens is 1. The van der Waals surface area contributed by atoms with Gasteiger partial charge in [0.15, 0.2) is 9.84 Å². The number of benzene rings is 1. The van der Waals surface area contributed by atoms with Crippen LogP contribution < -0.4 is 34.7 Å². The summed E-state index contributed by atoms with van der Waals surface area (Å²) in [5, 5.41) is 10.3. The average molecular weight is 257 g/mol. The molecule has 1 rings (SSSR count). The first kappa shape index (κ1) is 14.9. The van der Waals surface area contributed by atoms with Crippen LogP contribution in [-0.4, -0.2) is 20.6 Å². The number of carboxylic acid groups (broad SMARTS) is 1. The third kappa shape index (κ3) is 3.77. The first-order chi connectivity index (χ1) is 6.32. The van der Waals surface area contributed by atoms with Crippen molar-refractivity contribution in [2.45, 2.75) is 4.90 Å². The number of hydrogen-bond donors (Lipinski definition) is 0. The molecule has 0 unspecified atom stereocenters. The van der Waals surface area contributed by atoms with Crippen LogP contribution in [-0.2, 0) is 9.84 Å². The van der Waals surface area contributed by atoms with Crippen molar-refractivity contribution in [2.75, 3.05) is 6.26 Å². The second-order valence-corrected chi connectivity index (χ2v) is 5.12. The molecule has 7 heteroatoms. The van der Waals surface area contributed by atoms with E-state index in [1.807, 2.05) is 0 Å². The maximum absolute atomic E-state index is 11.0. The minimum Gasteiger partial charge on any atom is -0.545 e. The standard InChI is InChI=1S/C8H7ClO4S.Na/c1-14(12,13)5-2-3-6(8(10)11)7(9)4-5;/h2-4H,1H3,(H,10,11);/q;+1/p-1. The minimum absolute atomic E-state index is 0. The summed E-state index contributed by atoms with van der Waals surface area (Å²) in [7, 11) is -3.37. The van der Waals surface area contributed by atoms with Gasteiger partial charge in [-0.15, -0.1) is 0 Å². The predicted octanol–water partition coefficient (Wildman–Crippen LogP) is -2.89. The Hall–Kier alpha value is -0.0700. The molecule has 0 atom stereocenters. The molecular weight excluding hydrogens is 251 g/mol. The van der Waals surface area contributed by atoms with Crippen molar-refractivity contribution in [2.24, 2.45) is 0 Å². The first-order valence-electron chi connectivity index (χ1n) is 3.53. The third-order valence-electron chi connectivity index (χ3n) is 1.59. The van der Waals surface area contributed by atoms with E-state index >= 15 is 0 Å². The Labute approximate surface area is 114 Å². The Bertz CT molecular complexity index is 483. The molecule has 0 saturated carbocycles. The number of rotatable bonds is 2. The first-order valence-corrected chi connectivity index (χ1v) is 5.80. The zero-order chi connectivity index (χ0) is 10.9. The summed E-state index contributed by atoms with van der Waals surface area (Å²) < 4.78 is 22.1. The maximum atomic E-state index is 11.0. The topological polar surface area (TPSA) is 74.3 Å². The molecule has 1 aromatic carbocycles. The van der Waals surface area contributed by atoms with E-state index in [2.05, 4.69) is 0 Å². The van der Waals surface area contributed by atoms with Gasteiger partial charge in [0.05, 0.1) is 15.9 Å². The molecule has 0 aliphatic rings. The Balaban J connectivity index is 0.00000196. The Morgan fingerprint density at radius 3 is 2.27 bits per heavy atom. The minimum atomic E-state index is -3.37. The Kier molecular flexibility index (Phi) is 5.29. The van der Waals surface area contributed by atoms with Crippen LogP contribution in [0, 0.1) is 0 Å². The number of carbonyl (C=O) groups excluding carboxylic acids is 1. The van der Waals surface area contributed by atoms with Crippen molar-refractivity contribution in [3.8, 4) is 0 Å². The fraction of sp³-hybridized carbons (Fsp3) is 0.125. The quantitative estimate of drug-likeness (QED) is 0.533. The SMILES string of the molecule is CS(=O)(=O)c1ccc(C(=O)[O-])c(Cl)c1.[Na+]. The number of aromatic carboxylic acids is 1. The van der Waals surface area contributed by atoms with Crippen LogP contribution in [0.3, 0.4) is 0 Å². The molecule has 0 fully saturated rings. The van der Waals surface area contributed by atoms with E-state index in [0.29, 0.717) is 0 Å². The van der Waals surface area contributed by atoms with Crippen molar-refractivity contribution in [3.05, 3.63) is 28.8 Å². The van der Waals surface area contributed by atoms with Gasteiger partial charge in [-0.2, -0.15) is 0 Å². The molecule has 0 aliphatic heterocycles. The summed E-state index contributed by atoms with van der Waals surface area (Å²) in [4.78, 5) is 10.4. The fourth-order valence-corrected chi connectivity index (χ4v) is 1.86. The second-order valence-electron chi connectivity index (χ2n) is 2.70. The molecule has 0 bridgehead atoms. The molecule has 0 aliphatic carbocycles. The van der Waals surface area contributed by atoms with Gasteiger partial charge < -0.3 is 9.90 Å². The van der Waals surface area contributed by atoms with E-state index < -0.39 is 15.8 Å². The van der Waals surface area contributed by atoms with Crippen molar-refractivity contribution >= 4 is 27.4 Å². The van der Waals surface area contributed by atoms with Crippen molar-refractivity contribution in [3.63, 3.8) is 0 Å². The summed E-state index contributed by atoms with van der Waals surface area (Å²) in [6.07, 6.45) is 1.01. The third-order valence-corrected chi connectivity index (χ3v) is 3.01. The van der Waals surface area contributed by atoms with Gasteiger partial charge in [0.1, 0.15) is 0 Å². The summed E-state index contributed by atoms with van der Waals surface area (Å²) in [6, 6.07) is 3.36. The van der Waals surface area contributed by atoms with Crippen LogP contribution in [0.15, 0.2) is 23.1 Å². The van der Waals surface area contributed by atoms with Gasteiger partial charge in [-0.3, -0.25) is 0 Å². The fourth-order valence-electron chi connectivity index (χ4n) is 0.892. The zero-order valence-electron chi connectivity index (χ0n) is 8.15. The average Bonchev–Trinajstić information content (AvgIpc) is 2.01. The molecule has 0 heterocycles. The van der Waals surface area contributed by atoms with E-state index in [9.17, 15) is 18.3 Å². The van der Waals surface area contributed by atoms with Gasteiger partial charge in [0.2, 0.25) is 0 Å². The van der Waals surface area contributed by atoms with Crippen LogP contribution in [0.25, 0.3) is 0 Å². The monoisotopic (exact) mass is 256 g/mol. The van der Waals surface area contributed by atoms with Gasteiger partial charge >= 0.3 is 29.6 Å². The molecule has 0 spiro atoms. The van der Waals surface area contributed by atoms with Crippen molar-refractivity contribution < 1.29 is 47.9 Å². The van der Waals surface area contributed by atoms with Crippen LogP contribution >= 0.6 is 11.6 Å². The molecule has 0 radical (unpaired) electrons. The van der Waals surface area contributed by atoms with E-state index in [0.717, 1.165) is 18.4 Å². The van der Waals surface area contributed by atoms with Crippen molar-refractivity contribution in [1.29, 1.82) is 0 Å². The normalized spacial score (nSPS) is 10.5.